The molecular weight excluding hydrogens is 396 g/mol. The number of rotatable bonds is 8. The van der Waals surface area contributed by atoms with Crippen molar-refractivity contribution in [2.24, 2.45) is 0 Å². The average Bonchev–Trinajstić information content (AvgIpc) is 3.16. The topological polar surface area (TPSA) is 75.9 Å². The average molecular weight is 417 g/mol. The van der Waals surface area contributed by atoms with Crippen molar-refractivity contribution >= 4 is 29.3 Å². The lowest BCUT2D eigenvalue weighted by atomic mass is 10.1. The summed E-state index contributed by atoms with van der Waals surface area (Å²) in [5, 5.41) is 15.9. The van der Waals surface area contributed by atoms with Crippen molar-refractivity contribution in [2.75, 3.05) is 26.4 Å². The van der Waals surface area contributed by atoms with E-state index in [2.05, 4.69) is 37.9 Å². The molecule has 0 radical (unpaired) electrons. The summed E-state index contributed by atoms with van der Waals surface area (Å²) < 4.78 is 1.58. The fraction of sp³-hybridized carbons (Fsp3) is 0.263. The number of benzene rings is 2. The van der Waals surface area contributed by atoms with Gasteiger partial charge >= 0.3 is 0 Å². The zero-order chi connectivity index (χ0) is 19.9. The molecule has 146 valence electrons. The number of halogens is 1. The number of thioether (sulfide) groups is 1. The quantitative estimate of drug-likeness (QED) is 0.569. The number of carbonyl (C=O) groups excluding carboxylic acids is 1. The Kier molecular flexibility index (Phi) is 7.02. The van der Waals surface area contributed by atoms with Crippen LogP contribution in [0.3, 0.4) is 0 Å². The number of carbonyl (C=O) groups is 1. The zero-order valence-electron chi connectivity index (χ0n) is 15.6. The second-order valence-corrected chi connectivity index (χ2v) is 7.71. The third-order valence-electron chi connectivity index (χ3n) is 4.14. The molecule has 1 amide bonds. The number of aromatic nitrogens is 4. The lowest BCUT2D eigenvalue weighted by molar-refractivity contribution is -0.118. The fourth-order valence-electron chi connectivity index (χ4n) is 2.68. The van der Waals surface area contributed by atoms with Gasteiger partial charge < -0.3 is 10.2 Å². The molecule has 1 aromatic heterocycles. The molecule has 2 aromatic carbocycles. The Morgan fingerprint density at radius 2 is 1.89 bits per heavy atom. The zero-order valence-corrected chi connectivity index (χ0v) is 17.2. The first-order valence-corrected chi connectivity index (χ1v) is 10.1. The Morgan fingerprint density at radius 1 is 1.18 bits per heavy atom. The number of hydrogen-bond donors (Lipinski definition) is 1. The Balaban J connectivity index is 1.56. The van der Waals surface area contributed by atoms with Crippen molar-refractivity contribution < 1.29 is 4.79 Å². The maximum atomic E-state index is 12.3. The molecule has 0 unspecified atom stereocenters. The van der Waals surface area contributed by atoms with Crippen molar-refractivity contribution in [3.63, 3.8) is 0 Å². The Labute approximate surface area is 173 Å². The van der Waals surface area contributed by atoms with E-state index in [4.69, 9.17) is 11.6 Å². The van der Waals surface area contributed by atoms with Crippen molar-refractivity contribution in [1.82, 2.24) is 30.4 Å². The predicted octanol–water partition coefficient (Wildman–Crippen LogP) is 2.83. The SMILES string of the molecule is CN(C)[C@@H](CNC(=O)CSc1nnnn1-c1ccc(Cl)cc1)c1ccccc1. The van der Waals surface area contributed by atoms with Crippen LogP contribution in [0.25, 0.3) is 5.69 Å². The normalized spacial score (nSPS) is 12.1. The molecule has 7 nitrogen and oxygen atoms in total. The highest BCUT2D eigenvalue weighted by Gasteiger charge is 2.16. The third kappa shape index (κ3) is 5.31. The van der Waals surface area contributed by atoms with Crippen LogP contribution in [0, 0.1) is 0 Å². The summed E-state index contributed by atoms with van der Waals surface area (Å²) in [6.45, 7) is 0.526. The van der Waals surface area contributed by atoms with E-state index < -0.39 is 0 Å². The fourth-order valence-corrected chi connectivity index (χ4v) is 3.53. The van der Waals surface area contributed by atoms with Gasteiger partial charge in [0.1, 0.15) is 0 Å². The van der Waals surface area contributed by atoms with E-state index in [1.807, 2.05) is 44.4 Å². The molecule has 0 saturated carbocycles. The molecule has 28 heavy (non-hydrogen) atoms. The molecule has 0 aliphatic carbocycles. The minimum atomic E-state index is -0.0709. The van der Waals surface area contributed by atoms with Gasteiger partial charge in [-0.25, -0.2) is 0 Å². The maximum absolute atomic E-state index is 12.3. The summed E-state index contributed by atoms with van der Waals surface area (Å²) >= 11 is 7.20. The van der Waals surface area contributed by atoms with Crippen molar-refractivity contribution in [3.05, 3.63) is 65.2 Å². The molecule has 0 aliphatic heterocycles. The maximum Gasteiger partial charge on any atom is 0.230 e. The van der Waals surface area contributed by atoms with Crippen LogP contribution in [0.2, 0.25) is 5.02 Å². The summed E-state index contributed by atoms with van der Waals surface area (Å²) in [6, 6.07) is 17.4. The first-order chi connectivity index (χ1) is 13.5. The molecule has 9 heteroatoms. The van der Waals surface area contributed by atoms with Crippen molar-refractivity contribution in [2.45, 2.75) is 11.2 Å². The van der Waals surface area contributed by atoms with E-state index in [0.717, 1.165) is 11.3 Å². The van der Waals surface area contributed by atoms with Crippen molar-refractivity contribution in [3.8, 4) is 5.69 Å². The van der Waals surface area contributed by atoms with Gasteiger partial charge in [-0.2, -0.15) is 4.68 Å². The lowest BCUT2D eigenvalue weighted by Gasteiger charge is -2.25. The van der Waals surface area contributed by atoms with E-state index in [0.29, 0.717) is 16.7 Å². The summed E-state index contributed by atoms with van der Waals surface area (Å²) in [5.41, 5.74) is 1.95. The number of amides is 1. The minimum absolute atomic E-state index is 0.0709. The molecule has 0 aliphatic rings. The highest BCUT2D eigenvalue weighted by molar-refractivity contribution is 7.99. The summed E-state index contributed by atoms with van der Waals surface area (Å²) in [5.74, 6) is 0.154. The molecular formula is C19H21ClN6OS. The molecule has 1 N–H and O–H groups in total. The largest absolute Gasteiger partial charge is 0.353 e. The Morgan fingerprint density at radius 3 is 2.57 bits per heavy atom. The van der Waals surface area contributed by atoms with Gasteiger partial charge in [-0.1, -0.05) is 53.7 Å². The van der Waals surface area contributed by atoms with Crippen LogP contribution in [-0.4, -0.2) is 57.4 Å². The molecule has 0 bridgehead atoms. The van der Waals surface area contributed by atoms with Gasteiger partial charge in [0.05, 0.1) is 17.5 Å². The number of nitrogens with zero attached hydrogens (tertiary/aromatic N) is 5. The Hall–Kier alpha value is -2.42. The predicted molar refractivity (Wildman–Crippen MR) is 111 cm³/mol. The van der Waals surface area contributed by atoms with Gasteiger partial charge in [-0.05, 0) is 54.4 Å². The van der Waals surface area contributed by atoms with Crippen LogP contribution in [0.4, 0.5) is 0 Å². The van der Waals surface area contributed by atoms with E-state index in [1.54, 1.807) is 16.8 Å². The molecule has 1 heterocycles. The first kappa shape index (κ1) is 20.3. The van der Waals surface area contributed by atoms with E-state index >= 15 is 0 Å². The molecule has 1 atom stereocenters. The van der Waals surface area contributed by atoms with E-state index in [9.17, 15) is 4.79 Å². The smallest absolute Gasteiger partial charge is 0.230 e. The van der Waals surface area contributed by atoms with Gasteiger partial charge in [0.15, 0.2) is 0 Å². The molecule has 0 fully saturated rings. The molecule has 0 spiro atoms. The number of hydrogen-bond acceptors (Lipinski definition) is 6. The van der Waals surface area contributed by atoms with Gasteiger partial charge in [-0.3, -0.25) is 4.79 Å². The summed E-state index contributed by atoms with van der Waals surface area (Å²) in [6.07, 6.45) is 0. The summed E-state index contributed by atoms with van der Waals surface area (Å²) in [4.78, 5) is 14.4. The number of tetrazole rings is 1. The van der Waals surface area contributed by atoms with Gasteiger partial charge in [0.2, 0.25) is 11.1 Å². The molecule has 3 rings (SSSR count). The van der Waals surface area contributed by atoms with Gasteiger partial charge in [0, 0.05) is 11.6 Å². The van der Waals surface area contributed by atoms with Crippen LogP contribution in [0.1, 0.15) is 11.6 Å². The standard InChI is InChI=1S/C19H21ClN6OS/c1-25(2)17(14-6-4-3-5-7-14)12-21-18(27)13-28-19-22-23-24-26(19)16-10-8-15(20)9-11-16/h3-11,17H,12-13H2,1-2H3,(H,21,27)/t17-/m0/s1. The van der Waals surface area contributed by atoms with Gasteiger partial charge in [0.25, 0.3) is 0 Å². The summed E-state index contributed by atoms with van der Waals surface area (Å²) in [7, 11) is 4.00. The van der Waals surface area contributed by atoms with Crippen LogP contribution in [0.5, 0.6) is 0 Å². The molecule has 0 saturated heterocycles. The van der Waals surface area contributed by atoms with Crippen molar-refractivity contribution in [1.29, 1.82) is 0 Å². The highest BCUT2D eigenvalue weighted by Crippen LogP contribution is 2.20. The highest BCUT2D eigenvalue weighted by atomic mass is 35.5. The van der Waals surface area contributed by atoms with E-state index in [1.165, 1.54) is 11.8 Å². The van der Waals surface area contributed by atoms with Crippen LogP contribution < -0.4 is 5.32 Å². The third-order valence-corrected chi connectivity index (χ3v) is 5.32. The Bertz CT molecular complexity index is 900. The molecule has 3 aromatic rings. The lowest BCUT2D eigenvalue weighted by Crippen LogP contribution is -2.35. The van der Waals surface area contributed by atoms with Gasteiger partial charge in [-0.15, -0.1) is 5.10 Å². The second kappa shape index (κ2) is 9.68. The monoisotopic (exact) mass is 416 g/mol. The van der Waals surface area contributed by atoms with E-state index in [-0.39, 0.29) is 17.7 Å². The van der Waals surface area contributed by atoms with Crippen LogP contribution in [-0.2, 0) is 4.79 Å². The van der Waals surface area contributed by atoms with Crippen LogP contribution in [0.15, 0.2) is 59.8 Å². The first-order valence-electron chi connectivity index (χ1n) is 8.70. The minimum Gasteiger partial charge on any atom is -0.353 e. The number of nitrogens with one attached hydrogen (secondary N) is 1. The second-order valence-electron chi connectivity index (χ2n) is 6.33. The number of likely N-dealkylation sites (N-methyl/N-ethyl adjacent to an activating group) is 1. The van der Waals surface area contributed by atoms with Crippen LogP contribution >= 0.6 is 23.4 Å².